The highest BCUT2D eigenvalue weighted by Gasteiger charge is 2.16. The number of benzene rings is 1. The Hall–Kier alpha value is -1.55. The maximum absolute atomic E-state index is 12.0. The Morgan fingerprint density at radius 1 is 1.48 bits per heavy atom. The van der Waals surface area contributed by atoms with Gasteiger partial charge in [0.15, 0.2) is 0 Å². The zero-order chi connectivity index (χ0) is 15.2. The first-order valence-corrected chi connectivity index (χ1v) is 7.82. The van der Waals surface area contributed by atoms with Crippen LogP contribution in [-0.4, -0.2) is 25.1 Å². The van der Waals surface area contributed by atoms with E-state index in [-0.39, 0.29) is 12.0 Å². The first-order chi connectivity index (χ1) is 10.0. The molecule has 0 aromatic heterocycles. The zero-order valence-electron chi connectivity index (χ0n) is 13.2. The molecule has 1 heterocycles. The van der Waals surface area contributed by atoms with E-state index < -0.39 is 0 Å². The van der Waals surface area contributed by atoms with E-state index in [1.807, 2.05) is 39.0 Å². The van der Waals surface area contributed by atoms with E-state index in [2.05, 4.69) is 10.6 Å². The Kier molecular flexibility index (Phi) is 5.62. The molecule has 1 aromatic rings. The highest BCUT2D eigenvalue weighted by molar-refractivity contribution is 5.91. The van der Waals surface area contributed by atoms with Crippen molar-refractivity contribution < 1.29 is 9.53 Å². The minimum Gasteiger partial charge on any atom is -0.491 e. The van der Waals surface area contributed by atoms with Crippen molar-refractivity contribution in [3.63, 3.8) is 0 Å². The van der Waals surface area contributed by atoms with Crippen LogP contribution in [0.3, 0.4) is 0 Å². The van der Waals surface area contributed by atoms with Gasteiger partial charge in [-0.2, -0.15) is 0 Å². The Morgan fingerprint density at radius 3 is 2.90 bits per heavy atom. The summed E-state index contributed by atoms with van der Waals surface area (Å²) >= 11 is 0. The smallest absolute Gasteiger partial charge is 0.224 e. The van der Waals surface area contributed by atoms with Crippen molar-refractivity contribution in [2.24, 2.45) is 5.92 Å². The molecule has 21 heavy (non-hydrogen) atoms. The molecule has 1 fully saturated rings. The summed E-state index contributed by atoms with van der Waals surface area (Å²) in [5, 5.41) is 6.33. The van der Waals surface area contributed by atoms with Crippen LogP contribution in [0.1, 0.15) is 38.7 Å². The van der Waals surface area contributed by atoms with E-state index >= 15 is 0 Å². The van der Waals surface area contributed by atoms with Crippen LogP contribution in [0.4, 0.5) is 5.69 Å². The van der Waals surface area contributed by atoms with Gasteiger partial charge in [-0.25, -0.2) is 0 Å². The summed E-state index contributed by atoms with van der Waals surface area (Å²) in [7, 11) is 0. The normalized spacial score (nSPS) is 18.0. The highest BCUT2D eigenvalue weighted by Crippen LogP contribution is 2.23. The minimum atomic E-state index is 0.0996. The first kappa shape index (κ1) is 15.8. The van der Waals surface area contributed by atoms with Crippen LogP contribution in [-0.2, 0) is 4.79 Å². The molecule has 1 saturated heterocycles. The first-order valence-electron chi connectivity index (χ1n) is 7.82. The molecule has 0 spiro atoms. The number of rotatable bonds is 6. The third-order valence-corrected chi connectivity index (χ3v) is 3.79. The average molecular weight is 290 g/mol. The third kappa shape index (κ3) is 5.05. The maximum Gasteiger partial charge on any atom is 0.224 e. The molecule has 1 aliphatic rings. The summed E-state index contributed by atoms with van der Waals surface area (Å²) in [6.07, 6.45) is 2.90. The van der Waals surface area contributed by atoms with E-state index in [9.17, 15) is 4.79 Å². The maximum atomic E-state index is 12.0. The summed E-state index contributed by atoms with van der Waals surface area (Å²) in [5.74, 6) is 1.60. The van der Waals surface area contributed by atoms with E-state index in [0.29, 0.717) is 12.3 Å². The standard InChI is InChI=1S/C17H26N2O2/c1-12(2)21-15-5-6-16(13(3)10-15)19-17(20)7-4-14-8-9-18-11-14/h5-6,10,12,14,18H,4,7-9,11H2,1-3H3,(H,19,20). The van der Waals surface area contributed by atoms with E-state index in [1.54, 1.807) is 0 Å². The largest absolute Gasteiger partial charge is 0.491 e. The summed E-state index contributed by atoms with van der Waals surface area (Å²) in [5.41, 5.74) is 1.91. The molecular formula is C17H26N2O2. The fourth-order valence-electron chi connectivity index (χ4n) is 2.63. The monoisotopic (exact) mass is 290 g/mol. The Bertz CT molecular complexity index is 480. The van der Waals surface area contributed by atoms with Crippen LogP contribution in [0, 0.1) is 12.8 Å². The van der Waals surface area contributed by atoms with Crippen LogP contribution in [0.15, 0.2) is 18.2 Å². The summed E-state index contributed by atoms with van der Waals surface area (Å²) in [6.45, 7) is 8.13. The van der Waals surface area contributed by atoms with Gasteiger partial charge in [-0.1, -0.05) is 0 Å². The van der Waals surface area contributed by atoms with Crippen LogP contribution in [0.5, 0.6) is 5.75 Å². The van der Waals surface area contributed by atoms with Gasteiger partial charge in [-0.3, -0.25) is 4.79 Å². The Labute approximate surface area is 127 Å². The second-order valence-electron chi connectivity index (χ2n) is 6.09. The number of hydrogen-bond donors (Lipinski definition) is 2. The number of carbonyl (C=O) groups is 1. The molecule has 4 heteroatoms. The fraction of sp³-hybridized carbons (Fsp3) is 0.588. The number of anilines is 1. The predicted molar refractivity (Wildman–Crippen MR) is 85.8 cm³/mol. The Balaban J connectivity index is 1.85. The van der Waals surface area contributed by atoms with Gasteiger partial charge in [0.25, 0.3) is 0 Å². The third-order valence-electron chi connectivity index (χ3n) is 3.79. The fourth-order valence-corrected chi connectivity index (χ4v) is 2.63. The topological polar surface area (TPSA) is 50.4 Å². The quantitative estimate of drug-likeness (QED) is 0.846. The molecule has 2 rings (SSSR count). The van der Waals surface area contributed by atoms with Crippen LogP contribution in [0.2, 0.25) is 0 Å². The number of carbonyl (C=O) groups excluding carboxylic acids is 1. The molecule has 1 atom stereocenters. The average Bonchev–Trinajstić information content (AvgIpc) is 2.92. The molecule has 2 N–H and O–H groups in total. The van der Waals surface area contributed by atoms with E-state index in [0.717, 1.165) is 36.5 Å². The lowest BCUT2D eigenvalue weighted by Crippen LogP contribution is -2.15. The van der Waals surface area contributed by atoms with Crippen molar-refractivity contribution in [1.29, 1.82) is 0 Å². The molecule has 4 nitrogen and oxygen atoms in total. The van der Waals surface area contributed by atoms with E-state index in [1.165, 1.54) is 6.42 Å². The molecule has 0 radical (unpaired) electrons. The number of amides is 1. The molecule has 0 aliphatic carbocycles. The van der Waals surface area contributed by atoms with Gasteiger partial charge in [-0.15, -0.1) is 0 Å². The molecular weight excluding hydrogens is 264 g/mol. The van der Waals surface area contributed by atoms with Crippen molar-refractivity contribution in [2.75, 3.05) is 18.4 Å². The van der Waals surface area contributed by atoms with Crippen molar-refractivity contribution >= 4 is 11.6 Å². The Morgan fingerprint density at radius 2 is 2.29 bits per heavy atom. The van der Waals surface area contributed by atoms with Gasteiger partial charge in [0.05, 0.1) is 6.10 Å². The van der Waals surface area contributed by atoms with Gasteiger partial charge in [-0.05, 0) is 76.4 Å². The molecule has 1 amide bonds. The molecule has 1 aliphatic heterocycles. The second-order valence-corrected chi connectivity index (χ2v) is 6.09. The molecule has 1 aromatic carbocycles. The summed E-state index contributed by atoms with van der Waals surface area (Å²) in [4.78, 5) is 12.0. The zero-order valence-corrected chi connectivity index (χ0v) is 13.2. The van der Waals surface area contributed by atoms with Crippen LogP contribution >= 0.6 is 0 Å². The minimum absolute atomic E-state index is 0.0996. The number of hydrogen-bond acceptors (Lipinski definition) is 3. The molecule has 1 unspecified atom stereocenters. The number of aryl methyl sites for hydroxylation is 1. The SMILES string of the molecule is Cc1cc(OC(C)C)ccc1NC(=O)CCC1CCNC1. The van der Waals surface area contributed by atoms with Crippen LogP contribution in [0.25, 0.3) is 0 Å². The lowest BCUT2D eigenvalue weighted by atomic mass is 10.0. The second kappa shape index (κ2) is 7.46. The summed E-state index contributed by atoms with van der Waals surface area (Å²) < 4.78 is 5.65. The molecule has 0 bridgehead atoms. The van der Waals surface area contributed by atoms with Crippen molar-refractivity contribution in [2.45, 2.75) is 46.1 Å². The predicted octanol–water partition coefficient (Wildman–Crippen LogP) is 3.11. The van der Waals surface area contributed by atoms with Gasteiger partial charge < -0.3 is 15.4 Å². The van der Waals surface area contributed by atoms with Crippen molar-refractivity contribution in [1.82, 2.24) is 5.32 Å². The molecule has 0 saturated carbocycles. The number of nitrogens with one attached hydrogen (secondary N) is 2. The van der Waals surface area contributed by atoms with Crippen LogP contribution < -0.4 is 15.4 Å². The molecule has 116 valence electrons. The highest BCUT2D eigenvalue weighted by atomic mass is 16.5. The van der Waals surface area contributed by atoms with E-state index in [4.69, 9.17) is 4.74 Å². The van der Waals surface area contributed by atoms with Crippen molar-refractivity contribution in [3.05, 3.63) is 23.8 Å². The lowest BCUT2D eigenvalue weighted by molar-refractivity contribution is -0.116. The summed E-state index contributed by atoms with van der Waals surface area (Å²) in [6, 6.07) is 5.79. The lowest BCUT2D eigenvalue weighted by Gasteiger charge is -2.14. The van der Waals surface area contributed by atoms with Gasteiger partial charge in [0.1, 0.15) is 5.75 Å². The van der Waals surface area contributed by atoms with Crippen molar-refractivity contribution in [3.8, 4) is 5.75 Å². The van der Waals surface area contributed by atoms with Gasteiger partial charge in [0, 0.05) is 12.1 Å². The van der Waals surface area contributed by atoms with Gasteiger partial charge >= 0.3 is 0 Å². The number of ether oxygens (including phenoxy) is 1. The van der Waals surface area contributed by atoms with Gasteiger partial charge in [0.2, 0.25) is 5.91 Å².